The van der Waals surface area contributed by atoms with E-state index in [1.165, 1.54) is 0 Å². The van der Waals surface area contributed by atoms with Crippen molar-refractivity contribution in [1.29, 1.82) is 0 Å². The number of hydrogen-bond acceptors (Lipinski definition) is 2. The maximum Gasteiger partial charge on any atom is 0.0643 e. The lowest BCUT2D eigenvalue weighted by molar-refractivity contribution is 0.817. The maximum atomic E-state index is 6.27. The number of benzene rings is 1. The largest absolute Gasteiger partial charge is 0.363 e. The first-order valence-electron chi connectivity index (χ1n) is 5.62. The Kier molecular flexibility index (Phi) is 5.26. The second kappa shape index (κ2) is 6.48. The van der Waals surface area contributed by atoms with Gasteiger partial charge in [0.1, 0.15) is 0 Å². The molecule has 0 amide bonds. The van der Waals surface area contributed by atoms with Gasteiger partial charge in [-0.05, 0) is 24.6 Å². The first kappa shape index (κ1) is 13.8. The van der Waals surface area contributed by atoms with Crippen LogP contribution >= 0.6 is 11.6 Å². The molecule has 2 nitrogen and oxygen atoms in total. The molecule has 1 atom stereocenters. The predicted octanol–water partition coefficient (Wildman–Crippen LogP) is 3.54. The average molecular weight is 251 g/mol. The van der Waals surface area contributed by atoms with Gasteiger partial charge in [-0.15, -0.1) is 13.2 Å². The second-order valence-corrected chi connectivity index (χ2v) is 4.39. The van der Waals surface area contributed by atoms with Crippen molar-refractivity contribution in [3.63, 3.8) is 0 Å². The van der Waals surface area contributed by atoms with E-state index in [1.807, 2.05) is 37.3 Å². The maximum absolute atomic E-state index is 6.27. The van der Waals surface area contributed by atoms with Crippen molar-refractivity contribution in [3.05, 3.63) is 54.1 Å². The first-order valence-corrected chi connectivity index (χ1v) is 5.99. The lowest BCUT2D eigenvalue weighted by Crippen LogP contribution is -2.23. The third-order valence-corrected chi connectivity index (χ3v) is 2.84. The molecule has 0 heterocycles. The Hall–Kier alpha value is -1.25. The number of nitrogens with zero attached hydrogens (tertiary/aromatic N) is 1. The summed E-state index contributed by atoms with van der Waals surface area (Å²) in [4.78, 5) is 2.10. The molecule has 0 aliphatic carbocycles. The van der Waals surface area contributed by atoms with Crippen LogP contribution in [0.1, 0.15) is 18.5 Å². The van der Waals surface area contributed by atoms with Gasteiger partial charge in [-0.2, -0.15) is 0 Å². The summed E-state index contributed by atoms with van der Waals surface area (Å²) in [5.74, 6) is 0. The monoisotopic (exact) mass is 250 g/mol. The van der Waals surface area contributed by atoms with Crippen molar-refractivity contribution in [1.82, 2.24) is 0 Å². The van der Waals surface area contributed by atoms with E-state index in [2.05, 4.69) is 18.1 Å². The van der Waals surface area contributed by atoms with E-state index in [0.717, 1.165) is 24.3 Å². The molecular weight excluding hydrogens is 232 g/mol. The molecule has 0 saturated carbocycles. The summed E-state index contributed by atoms with van der Waals surface area (Å²) >= 11 is 6.27. The van der Waals surface area contributed by atoms with Crippen molar-refractivity contribution in [2.75, 3.05) is 18.0 Å². The molecule has 1 aromatic rings. The zero-order valence-corrected chi connectivity index (χ0v) is 11.0. The molecule has 0 unspecified atom stereocenters. The average Bonchev–Trinajstić information content (AvgIpc) is 2.28. The summed E-state index contributed by atoms with van der Waals surface area (Å²) in [5.41, 5.74) is 7.84. The molecule has 0 aliphatic rings. The smallest absolute Gasteiger partial charge is 0.0643 e. The van der Waals surface area contributed by atoms with Crippen LogP contribution in [-0.2, 0) is 0 Å². The van der Waals surface area contributed by atoms with Gasteiger partial charge in [0.05, 0.1) is 10.7 Å². The van der Waals surface area contributed by atoms with E-state index in [9.17, 15) is 0 Å². The standard InChI is InChI=1S/C14H19ClN2/c1-4-8-17(9-5-2)14-7-6-12(11(3)16)10-13(14)15/h4-7,10-11H,1-2,8-9,16H2,3H3/t11-/m0/s1. The quantitative estimate of drug-likeness (QED) is 0.783. The Morgan fingerprint density at radius 3 is 2.35 bits per heavy atom. The van der Waals surface area contributed by atoms with Gasteiger partial charge in [0, 0.05) is 19.1 Å². The van der Waals surface area contributed by atoms with E-state index in [0.29, 0.717) is 5.02 Å². The van der Waals surface area contributed by atoms with Gasteiger partial charge < -0.3 is 10.6 Å². The number of halogens is 1. The van der Waals surface area contributed by atoms with Gasteiger partial charge in [-0.3, -0.25) is 0 Å². The molecule has 17 heavy (non-hydrogen) atoms. The highest BCUT2D eigenvalue weighted by atomic mass is 35.5. The van der Waals surface area contributed by atoms with Crippen LogP contribution in [0.4, 0.5) is 5.69 Å². The van der Waals surface area contributed by atoms with Crippen LogP contribution in [0, 0.1) is 0 Å². The van der Waals surface area contributed by atoms with Crippen LogP contribution < -0.4 is 10.6 Å². The molecule has 0 bridgehead atoms. The van der Waals surface area contributed by atoms with E-state index in [1.54, 1.807) is 0 Å². The van der Waals surface area contributed by atoms with Crippen molar-refractivity contribution in [2.24, 2.45) is 5.73 Å². The SMILES string of the molecule is C=CCN(CC=C)c1ccc([C@H](C)N)cc1Cl. The van der Waals surface area contributed by atoms with Gasteiger partial charge in [0.15, 0.2) is 0 Å². The highest BCUT2D eigenvalue weighted by Gasteiger charge is 2.09. The summed E-state index contributed by atoms with van der Waals surface area (Å²) < 4.78 is 0. The van der Waals surface area contributed by atoms with E-state index in [-0.39, 0.29) is 6.04 Å². The highest BCUT2D eigenvalue weighted by Crippen LogP contribution is 2.28. The fraction of sp³-hybridized carbons (Fsp3) is 0.286. The Labute approximate surface area is 108 Å². The summed E-state index contributed by atoms with van der Waals surface area (Å²) in [6, 6.07) is 5.91. The Morgan fingerprint density at radius 1 is 1.35 bits per heavy atom. The van der Waals surface area contributed by atoms with Crippen LogP contribution in [0.25, 0.3) is 0 Å². The molecule has 92 valence electrons. The zero-order chi connectivity index (χ0) is 12.8. The molecule has 0 radical (unpaired) electrons. The van der Waals surface area contributed by atoms with Crippen LogP contribution in [0.5, 0.6) is 0 Å². The predicted molar refractivity (Wildman–Crippen MR) is 76.7 cm³/mol. The summed E-state index contributed by atoms with van der Waals surface area (Å²) in [6.07, 6.45) is 3.69. The second-order valence-electron chi connectivity index (χ2n) is 3.98. The summed E-state index contributed by atoms with van der Waals surface area (Å²) in [6.45, 7) is 10.9. The molecule has 0 aromatic heterocycles. The number of hydrogen-bond donors (Lipinski definition) is 1. The molecule has 1 aromatic carbocycles. The third kappa shape index (κ3) is 3.62. The topological polar surface area (TPSA) is 29.3 Å². The van der Waals surface area contributed by atoms with Crippen LogP contribution in [0.2, 0.25) is 5.02 Å². The summed E-state index contributed by atoms with van der Waals surface area (Å²) in [7, 11) is 0. The van der Waals surface area contributed by atoms with Crippen molar-refractivity contribution >= 4 is 17.3 Å². The fourth-order valence-corrected chi connectivity index (χ4v) is 1.95. The van der Waals surface area contributed by atoms with Crippen LogP contribution in [0.3, 0.4) is 0 Å². The highest BCUT2D eigenvalue weighted by molar-refractivity contribution is 6.33. The van der Waals surface area contributed by atoms with Gasteiger partial charge in [-0.1, -0.05) is 29.8 Å². The molecule has 0 saturated heterocycles. The lowest BCUT2D eigenvalue weighted by Gasteiger charge is -2.23. The van der Waals surface area contributed by atoms with Crippen molar-refractivity contribution < 1.29 is 0 Å². The minimum absolute atomic E-state index is 0.00573. The molecule has 1 rings (SSSR count). The van der Waals surface area contributed by atoms with Crippen LogP contribution in [-0.4, -0.2) is 13.1 Å². The minimum Gasteiger partial charge on any atom is -0.363 e. The molecular formula is C14H19ClN2. The minimum atomic E-state index is -0.00573. The molecule has 0 aliphatic heterocycles. The molecule has 3 heteroatoms. The lowest BCUT2D eigenvalue weighted by atomic mass is 10.1. The van der Waals surface area contributed by atoms with Crippen molar-refractivity contribution in [2.45, 2.75) is 13.0 Å². The summed E-state index contributed by atoms with van der Waals surface area (Å²) in [5, 5.41) is 0.712. The normalized spacial score (nSPS) is 11.9. The van der Waals surface area contributed by atoms with E-state index >= 15 is 0 Å². The first-order chi connectivity index (χ1) is 8.10. The van der Waals surface area contributed by atoms with Gasteiger partial charge in [-0.25, -0.2) is 0 Å². The number of rotatable bonds is 6. The Morgan fingerprint density at radius 2 is 1.94 bits per heavy atom. The Bertz CT molecular complexity index is 389. The molecule has 0 spiro atoms. The molecule has 0 fully saturated rings. The third-order valence-electron chi connectivity index (χ3n) is 2.54. The van der Waals surface area contributed by atoms with Crippen LogP contribution in [0.15, 0.2) is 43.5 Å². The fourth-order valence-electron chi connectivity index (χ4n) is 1.65. The van der Waals surface area contributed by atoms with Crippen molar-refractivity contribution in [3.8, 4) is 0 Å². The van der Waals surface area contributed by atoms with Gasteiger partial charge >= 0.3 is 0 Å². The Balaban J connectivity index is 3.03. The number of anilines is 1. The van der Waals surface area contributed by atoms with E-state index < -0.39 is 0 Å². The van der Waals surface area contributed by atoms with E-state index in [4.69, 9.17) is 17.3 Å². The molecule has 2 N–H and O–H groups in total. The van der Waals surface area contributed by atoms with Gasteiger partial charge in [0.25, 0.3) is 0 Å². The zero-order valence-electron chi connectivity index (χ0n) is 10.2. The van der Waals surface area contributed by atoms with Gasteiger partial charge in [0.2, 0.25) is 0 Å². The number of nitrogens with two attached hydrogens (primary N) is 1.